The van der Waals surface area contributed by atoms with Gasteiger partial charge in [0.15, 0.2) is 29.6 Å². The highest BCUT2D eigenvalue weighted by atomic mass is 19.2. The van der Waals surface area contributed by atoms with Crippen LogP contribution in [0, 0.1) is 29.9 Å². The predicted octanol–water partition coefficient (Wildman–Crippen LogP) is 2.71. The Kier molecular flexibility index (Phi) is 9.33. The van der Waals surface area contributed by atoms with E-state index in [1.165, 1.54) is 29.9 Å². The third-order valence-corrected chi connectivity index (χ3v) is 9.03. The Balaban J connectivity index is 1.21. The van der Waals surface area contributed by atoms with Gasteiger partial charge in [-0.15, -0.1) is 0 Å². The number of nitrogens with one attached hydrogen (secondary N) is 1. The van der Waals surface area contributed by atoms with E-state index in [9.17, 15) is 28.3 Å². The number of carbonyl (C=O) groups is 3. The van der Waals surface area contributed by atoms with E-state index in [2.05, 4.69) is 24.4 Å². The number of piperazine rings is 1. The summed E-state index contributed by atoms with van der Waals surface area (Å²) >= 11 is 0. The van der Waals surface area contributed by atoms with Crippen LogP contribution in [0.2, 0.25) is 0 Å². The zero-order valence-corrected chi connectivity index (χ0v) is 26.8. The number of aryl methyl sites for hydroxylation is 1. The third kappa shape index (κ3) is 6.81. The van der Waals surface area contributed by atoms with Gasteiger partial charge in [0.1, 0.15) is 6.07 Å². The van der Waals surface area contributed by atoms with Gasteiger partial charge in [-0.3, -0.25) is 14.4 Å². The van der Waals surface area contributed by atoms with Crippen molar-refractivity contribution >= 4 is 23.4 Å². The first-order chi connectivity index (χ1) is 22.2. The van der Waals surface area contributed by atoms with Crippen LogP contribution in [0.5, 0.6) is 5.75 Å². The summed E-state index contributed by atoms with van der Waals surface area (Å²) in [7, 11) is 5.66. The fourth-order valence-electron chi connectivity index (χ4n) is 5.99. The number of carbonyl (C=O) groups excluding carboxylic acids is 3. The Morgan fingerprint density at radius 3 is 2.36 bits per heavy atom. The van der Waals surface area contributed by atoms with Crippen LogP contribution in [0.15, 0.2) is 36.5 Å². The second-order valence-electron chi connectivity index (χ2n) is 12.7. The second-order valence-corrected chi connectivity index (χ2v) is 12.7. The molecule has 2 N–H and O–H groups in total. The number of likely N-dealkylation sites (tertiary alicyclic amines) is 1. The fraction of sp³-hybridized carbons (Fsp3) is 0.424. The van der Waals surface area contributed by atoms with Crippen LogP contribution in [0.4, 0.5) is 14.5 Å². The largest absolute Gasteiger partial charge is 0.476 e. The molecule has 0 aliphatic carbocycles. The first-order valence-electron chi connectivity index (χ1n) is 15.3. The van der Waals surface area contributed by atoms with Crippen molar-refractivity contribution in [2.24, 2.45) is 7.05 Å². The molecule has 0 bridgehead atoms. The number of rotatable bonds is 7. The van der Waals surface area contributed by atoms with Gasteiger partial charge < -0.3 is 34.0 Å². The summed E-state index contributed by atoms with van der Waals surface area (Å²) in [6.45, 7) is 4.08. The number of quaternary nitrogens is 1. The van der Waals surface area contributed by atoms with Gasteiger partial charge in [-0.05, 0) is 42.8 Å². The lowest BCUT2D eigenvalue weighted by Gasteiger charge is -2.44. The molecule has 248 valence electrons. The maximum atomic E-state index is 14.8. The molecule has 12 nitrogen and oxygen atoms in total. The highest BCUT2D eigenvalue weighted by molar-refractivity contribution is 6.03. The van der Waals surface area contributed by atoms with Crippen LogP contribution < -0.4 is 10.1 Å². The van der Waals surface area contributed by atoms with Crippen molar-refractivity contribution in [3.05, 3.63) is 65.1 Å². The van der Waals surface area contributed by atoms with Gasteiger partial charge in [0.05, 0.1) is 39.1 Å². The molecular weight excluding hydrogens is 612 g/mol. The standard InChI is InChI=1S/C33H37F2N7O5/c1-21-19-22(38-30(43)29-37-20-25(39(29)2)24-7-8-26(47-18-11-36)28(35)27(24)34)5-6-23(21)31(44)40-12-14-41(15-13-40)32(45)33(46)9-16-42(3,4)17-10-33/h5-8,19-20,46H,9-10,12-18H2,1-4H3/p+1. The number of nitriles is 1. The van der Waals surface area contributed by atoms with Gasteiger partial charge in [0.25, 0.3) is 17.7 Å². The molecule has 1 aromatic heterocycles. The molecule has 0 saturated carbocycles. The van der Waals surface area contributed by atoms with Crippen molar-refractivity contribution in [2.45, 2.75) is 25.4 Å². The minimum atomic E-state index is -1.36. The second kappa shape index (κ2) is 13.1. The highest BCUT2D eigenvalue weighted by Gasteiger charge is 2.45. The summed E-state index contributed by atoms with van der Waals surface area (Å²) in [5.41, 5.74) is 0.128. The van der Waals surface area contributed by atoms with E-state index in [4.69, 9.17) is 10.00 Å². The molecule has 0 radical (unpaired) electrons. The number of hydrogen-bond acceptors (Lipinski definition) is 7. The van der Waals surface area contributed by atoms with Crippen LogP contribution in [0.1, 0.15) is 39.4 Å². The average Bonchev–Trinajstić information content (AvgIpc) is 3.43. The monoisotopic (exact) mass is 650 g/mol. The molecule has 2 aromatic carbocycles. The summed E-state index contributed by atoms with van der Waals surface area (Å²) in [6.07, 6.45) is 2.07. The molecule has 0 spiro atoms. The Hall–Kier alpha value is -4.87. The van der Waals surface area contributed by atoms with Crippen LogP contribution in [-0.2, 0) is 11.8 Å². The van der Waals surface area contributed by atoms with Crippen LogP contribution in [0.3, 0.4) is 0 Å². The lowest BCUT2D eigenvalue weighted by atomic mass is 9.88. The van der Waals surface area contributed by atoms with Gasteiger partial charge in [-0.2, -0.15) is 9.65 Å². The number of hydrogen-bond donors (Lipinski definition) is 2. The summed E-state index contributed by atoms with van der Waals surface area (Å²) < 4.78 is 36.3. The molecular formula is C33H38F2N7O5+. The number of aromatic nitrogens is 2. The van der Waals surface area contributed by atoms with E-state index >= 15 is 0 Å². The van der Waals surface area contributed by atoms with Gasteiger partial charge in [0.2, 0.25) is 5.82 Å². The first-order valence-corrected chi connectivity index (χ1v) is 15.3. The Morgan fingerprint density at radius 1 is 1.06 bits per heavy atom. The van der Waals surface area contributed by atoms with E-state index in [-0.39, 0.29) is 28.9 Å². The molecule has 2 saturated heterocycles. The normalized spacial score (nSPS) is 17.1. The SMILES string of the molecule is Cc1cc(NC(=O)c2ncc(-c3ccc(OCC#N)c(F)c3F)n2C)ccc1C(=O)N1CCN(C(=O)C2(O)CC[N+](C)(C)CC2)CC1. The van der Waals surface area contributed by atoms with E-state index in [1.807, 2.05) is 0 Å². The number of nitrogens with zero attached hydrogens (tertiary/aromatic N) is 6. The number of piperidine rings is 1. The zero-order valence-electron chi connectivity index (χ0n) is 26.8. The van der Waals surface area contributed by atoms with E-state index in [1.54, 1.807) is 41.0 Å². The molecule has 3 heterocycles. The minimum absolute atomic E-state index is 0.0597. The molecule has 2 fully saturated rings. The predicted molar refractivity (Wildman–Crippen MR) is 167 cm³/mol. The van der Waals surface area contributed by atoms with Gasteiger partial charge in [0, 0.05) is 62.9 Å². The Morgan fingerprint density at radius 2 is 1.72 bits per heavy atom. The van der Waals surface area contributed by atoms with Crippen LogP contribution in [-0.4, -0.2) is 112 Å². The lowest BCUT2D eigenvalue weighted by molar-refractivity contribution is -0.897. The summed E-state index contributed by atoms with van der Waals surface area (Å²) in [5.74, 6) is -3.99. The zero-order chi connectivity index (χ0) is 34.1. The molecule has 5 rings (SSSR count). The van der Waals surface area contributed by atoms with Crippen LogP contribution >= 0.6 is 0 Å². The Labute approximate surface area is 271 Å². The number of imidazole rings is 1. The molecule has 2 aliphatic heterocycles. The number of aliphatic hydroxyl groups is 1. The number of benzene rings is 2. The van der Waals surface area contributed by atoms with E-state index in [0.29, 0.717) is 55.8 Å². The molecule has 3 amide bonds. The maximum absolute atomic E-state index is 14.8. The number of halogens is 2. The number of anilines is 1. The van der Waals surface area contributed by atoms with Crippen molar-refractivity contribution in [2.75, 3.05) is 65.3 Å². The van der Waals surface area contributed by atoms with Gasteiger partial charge >= 0.3 is 0 Å². The van der Waals surface area contributed by atoms with Crippen LogP contribution in [0.25, 0.3) is 11.3 Å². The average molecular weight is 651 g/mol. The number of ether oxygens (including phenoxy) is 1. The van der Waals surface area contributed by atoms with Gasteiger partial charge in [-0.25, -0.2) is 9.37 Å². The molecule has 0 atom stereocenters. The highest BCUT2D eigenvalue weighted by Crippen LogP contribution is 2.31. The smallest absolute Gasteiger partial charge is 0.291 e. The topological polar surface area (TPSA) is 141 Å². The lowest BCUT2D eigenvalue weighted by Crippen LogP contribution is -2.61. The molecule has 0 unspecified atom stereocenters. The summed E-state index contributed by atoms with van der Waals surface area (Å²) in [4.78, 5) is 47.1. The maximum Gasteiger partial charge on any atom is 0.291 e. The van der Waals surface area contributed by atoms with E-state index in [0.717, 1.165) is 17.6 Å². The summed E-state index contributed by atoms with van der Waals surface area (Å²) in [5, 5.41) is 22.4. The fourth-order valence-corrected chi connectivity index (χ4v) is 5.99. The van der Waals surface area contributed by atoms with Gasteiger partial charge in [-0.1, -0.05) is 0 Å². The van der Waals surface area contributed by atoms with E-state index < -0.39 is 35.5 Å². The third-order valence-electron chi connectivity index (χ3n) is 9.03. The first kappa shape index (κ1) is 33.5. The number of amides is 3. The van der Waals surface area contributed by atoms with Crippen molar-refractivity contribution in [3.8, 4) is 23.1 Å². The van der Waals surface area contributed by atoms with Crippen molar-refractivity contribution in [3.63, 3.8) is 0 Å². The van der Waals surface area contributed by atoms with Crippen molar-refractivity contribution in [1.29, 1.82) is 5.26 Å². The molecule has 14 heteroatoms. The molecule has 2 aliphatic rings. The molecule has 3 aromatic rings. The minimum Gasteiger partial charge on any atom is -0.476 e. The molecule has 47 heavy (non-hydrogen) atoms. The Bertz CT molecular complexity index is 1750. The van der Waals surface area contributed by atoms with Crippen molar-refractivity contribution < 1.29 is 37.5 Å². The quantitative estimate of drug-likeness (QED) is 0.375. The van der Waals surface area contributed by atoms with Crippen molar-refractivity contribution in [1.82, 2.24) is 19.4 Å². The summed E-state index contributed by atoms with van der Waals surface area (Å²) in [6, 6.07) is 9.03.